The predicted molar refractivity (Wildman–Crippen MR) is 82.1 cm³/mol. The van der Waals surface area contributed by atoms with Gasteiger partial charge in [-0.05, 0) is 34.5 Å². The van der Waals surface area contributed by atoms with Crippen molar-refractivity contribution in [3.8, 4) is 11.5 Å². The molecule has 0 unspecified atom stereocenters. The van der Waals surface area contributed by atoms with E-state index in [-0.39, 0.29) is 24.6 Å². The van der Waals surface area contributed by atoms with Crippen LogP contribution in [0.25, 0.3) is 0 Å². The summed E-state index contributed by atoms with van der Waals surface area (Å²) in [6.45, 7) is 2.30. The molecule has 0 aliphatic carbocycles. The SMILES string of the molecule is CCCOC(=O)CCC(=O)c1cc(OC)c(OC)cc1Br. The van der Waals surface area contributed by atoms with Crippen LogP contribution in [0.3, 0.4) is 0 Å². The van der Waals surface area contributed by atoms with E-state index in [9.17, 15) is 9.59 Å². The number of esters is 1. The lowest BCUT2D eigenvalue weighted by Crippen LogP contribution is -2.09. The van der Waals surface area contributed by atoms with E-state index in [1.54, 1.807) is 12.1 Å². The van der Waals surface area contributed by atoms with Crippen LogP contribution in [-0.2, 0) is 9.53 Å². The van der Waals surface area contributed by atoms with Crippen LogP contribution >= 0.6 is 15.9 Å². The van der Waals surface area contributed by atoms with Gasteiger partial charge in [0.05, 0.1) is 27.2 Å². The average Bonchev–Trinajstić information content (AvgIpc) is 2.49. The standard InChI is InChI=1S/C15H19BrO5/c1-4-7-21-15(18)6-5-12(17)10-8-13(19-2)14(20-3)9-11(10)16/h8-9H,4-7H2,1-3H3. The molecule has 0 aromatic heterocycles. The zero-order valence-corrected chi connectivity index (χ0v) is 14.0. The Balaban J connectivity index is 2.76. The third kappa shape index (κ3) is 5.04. The van der Waals surface area contributed by atoms with Gasteiger partial charge in [0.25, 0.3) is 0 Å². The summed E-state index contributed by atoms with van der Waals surface area (Å²) in [4.78, 5) is 23.6. The van der Waals surface area contributed by atoms with E-state index in [1.807, 2.05) is 6.92 Å². The fraction of sp³-hybridized carbons (Fsp3) is 0.467. The van der Waals surface area contributed by atoms with Gasteiger partial charge in [-0.2, -0.15) is 0 Å². The number of ether oxygens (including phenoxy) is 3. The van der Waals surface area contributed by atoms with Crippen molar-refractivity contribution in [2.75, 3.05) is 20.8 Å². The van der Waals surface area contributed by atoms with E-state index in [2.05, 4.69) is 15.9 Å². The normalized spacial score (nSPS) is 10.1. The van der Waals surface area contributed by atoms with Gasteiger partial charge >= 0.3 is 5.97 Å². The second-order valence-electron chi connectivity index (χ2n) is 4.33. The first-order valence-corrected chi connectivity index (χ1v) is 7.43. The van der Waals surface area contributed by atoms with Crippen molar-refractivity contribution >= 4 is 27.7 Å². The third-order valence-corrected chi connectivity index (χ3v) is 3.45. The number of hydrogen-bond donors (Lipinski definition) is 0. The summed E-state index contributed by atoms with van der Waals surface area (Å²) < 4.78 is 15.9. The van der Waals surface area contributed by atoms with Gasteiger partial charge in [0.15, 0.2) is 17.3 Å². The smallest absolute Gasteiger partial charge is 0.306 e. The molecule has 5 nitrogen and oxygen atoms in total. The molecule has 0 radical (unpaired) electrons. The maximum atomic E-state index is 12.2. The maximum Gasteiger partial charge on any atom is 0.306 e. The van der Waals surface area contributed by atoms with Crippen LogP contribution in [-0.4, -0.2) is 32.6 Å². The minimum atomic E-state index is -0.359. The quantitative estimate of drug-likeness (QED) is 0.526. The molecular weight excluding hydrogens is 340 g/mol. The van der Waals surface area contributed by atoms with E-state index in [1.165, 1.54) is 14.2 Å². The lowest BCUT2D eigenvalue weighted by atomic mass is 10.1. The highest BCUT2D eigenvalue weighted by molar-refractivity contribution is 9.10. The topological polar surface area (TPSA) is 61.8 Å². The third-order valence-electron chi connectivity index (χ3n) is 2.80. The van der Waals surface area contributed by atoms with Gasteiger partial charge in [-0.15, -0.1) is 0 Å². The maximum absolute atomic E-state index is 12.2. The van der Waals surface area contributed by atoms with E-state index in [0.29, 0.717) is 28.1 Å². The number of ketones is 1. The Morgan fingerprint density at radius 1 is 1.10 bits per heavy atom. The predicted octanol–water partition coefficient (Wildman–Crippen LogP) is 3.38. The Labute approximate surface area is 132 Å². The van der Waals surface area contributed by atoms with Crippen molar-refractivity contribution < 1.29 is 23.8 Å². The summed E-state index contributed by atoms with van der Waals surface area (Å²) in [6, 6.07) is 3.27. The first kappa shape index (κ1) is 17.5. The highest BCUT2D eigenvalue weighted by Gasteiger charge is 2.16. The first-order valence-electron chi connectivity index (χ1n) is 6.63. The molecule has 0 atom stereocenters. The minimum Gasteiger partial charge on any atom is -0.493 e. The molecule has 0 heterocycles. The van der Waals surface area contributed by atoms with Crippen molar-refractivity contribution in [3.05, 3.63) is 22.2 Å². The molecule has 1 aromatic rings. The molecule has 21 heavy (non-hydrogen) atoms. The Morgan fingerprint density at radius 2 is 1.71 bits per heavy atom. The summed E-state index contributed by atoms with van der Waals surface area (Å²) in [7, 11) is 3.03. The minimum absolute atomic E-state index is 0.0691. The highest BCUT2D eigenvalue weighted by Crippen LogP contribution is 2.33. The van der Waals surface area contributed by atoms with Gasteiger partial charge < -0.3 is 14.2 Å². The Morgan fingerprint density at radius 3 is 2.29 bits per heavy atom. The summed E-state index contributed by atoms with van der Waals surface area (Å²) in [6.07, 6.45) is 0.928. The number of rotatable bonds is 8. The van der Waals surface area contributed by atoms with Crippen molar-refractivity contribution in [1.29, 1.82) is 0 Å². The zero-order valence-electron chi connectivity index (χ0n) is 12.4. The zero-order chi connectivity index (χ0) is 15.8. The second kappa shape index (κ2) is 8.67. The summed E-state index contributed by atoms with van der Waals surface area (Å²) in [5.74, 6) is 0.485. The van der Waals surface area contributed by atoms with E-state index < -0.39 is 0 Å². The molecule has 0 N–H and O–H groups in total. The van der Waals surface area contributed by atoms with Crippen molar-refractivity contribution in [3.63, 3.8) is 0 Å². The van der Waals surface area contributed by atoms with Gasteiger partial charge in [0.1, 0.15) is 0 Å². The van der Waals surface area contributed by atoms with Crippen molar-refractivity contribution in [2.24, 2.45) is 0 Å². The van der Waals surface area contributed by atoms with Crippen LogP contribution in [0, 0.1) is 0 Å². The number of Topliss-reactive ketones (excluding diaryl/α,β-unsaturated/α-hetero) is 1. The number of methoxy groups -OCH3 is 2. The molecule has 1 aromatic carbocycles. The fourth-order valence-corrected chi connectivity index (χ4v) is 2.25. The molecule has 116 valence electrons. The molecule has 0 spiro atoms. The summed E-state index contributed by atoms with van der Waals surface area (Å²) >= 11 is 3.33. The Kier molecular flexibility index (Phi) is 7.22. The molecule has 0 saturated carbocycles. The number of hydrogen-bond acceptors (Lipinski definition) is 5. The van der Waals surface area contributed by atoms with Gasteiger partial charge in [0.2, 0.25) is 0 Å². The van der Waals surface area contributed by atoms with Crippen LogP contribution < -0.4 is 9.47 Å². The Hall–Kier alpha value is -1.56. The second-order valence-corrected chi connectivity index (χ2v) is 5.19. The van der Waals surface area contributed by atoms with Gasteiger partial charge in [0, 0.05) is 16.5 Å². The lowest BCUT2D eigenvalue weighted by Gasteiger charge is -2.11. The lowest BCUT2D eigenvalue weighted by molar-refractivity contribution is -0.143. The molecule has 0 saturated heterocycles. The molecule has 0 fully saturated rings. The van der Waals surface area contributed by atoms with E-state index in [4.69, 9.17) is 14.2 Å². The monoisotopic (exact) mass is 358 g/mol. The number of benzene rings is 1. The van der Waals surface area contributed by atoms with Crippen LogP contribution in [0.1, 0.15) is 36.5 Å². The molecule has 0 aliphatic rings. The van der Waals surface area contributed by atoms with Gasteiger partial charge in [-0.25, -0.2) is 0 Å². The van der Waals surface area contributed by atoms with Crippen molar-refractivity contribution in [2.45, 2.75) is 26.2 Å². The number of carbonyl (C=O) groups excluding carboxylic acids is 2. The largest absolute Gasteiger partial charge is 0.493 e. The number of halogens is 1. The van der Waals surface area contributed by atoms with Crippen LogP contribution in [0.5, 0.6) is 11.5 Å². The van der Waals surface area contributed by atoms with E-state index >= 15 is 0 Å². The van der Waals surface area contributed by atoms with E-state index in [0.717, 1.165) is 6.42 Å². The molecule has 6 heteroatoms. The van der Waals surface area contributed by atoms with Gasteiger partial charge in [-0.3, -0.25) is 9.59 Å². The van der Waals surface area contributed by atoms with Crippen molar-refractivity contribution in [1.82, 2.24) is 0 Å². The fourth-order valence-electron chi connectivity index (χ4n) is 1.71. The molecule has 0 aliphatic heterocycles. The van der Waals surface area contributed by atoms with Crippen LogP contribution in [0.4, 0.5) is 0 Å². The Bertz CT molecular complexity index is 513. The van der Waals surface area contributed by atoms with Gasteiger partial charge in [-0.1, -0.05) is 6.92 Å². The van der Waals surface area contributed by atoms with Crippen LogP contribution in [0.2, 0.25) is 0 Å². The number of carbonyl (C=O) groups is 2. The summed E-state index contributed by atoms with van der Waals surface area (Å²) in [5, 5.41) is 0. The summed E-state index contributed by atoms with van der Waals surface area (Å²) in [5.41, 5.74) is 0.455. The first-order chi connectivity index (χ1) is 10.0. The molecule has 1 rings (SSSR count). The average molecular weight is 359 g/mol. The molecule has 0 bridgehead atoms. The highest BCUT2D eigenvalue weighted by atomic mass is 79.9. The van der Waals surface area contributed by atoms with Crippen LogP contribution in [0.15, 0.2) is 16.6 Å². The molecule has 0 amide bonds. The molecular formula is C15H19BrO5.